The van der Waals surface area contributed by atoms with Gasteiger partial charge in [-0.2, -0.15) is 5.10 Å². The average molecular weight is 339 g/mol. The Hall–Kier alpha value is -2.83. The minimum absolute atomic E-state index is 0.0233. The number of para-hydroxylation sites is 2. The van der Waals surface area contributed by atoms with E-state index in [0.717, 1.165) is 36.0 Å². The van der Waals surface area contributed by atoms with Crippen molar-refractivity contribution in [2.45, 2.75) is 25.4 Å². The molecule has 7 heteroatoms. The van der Waals surface area contributed by atoms with E-state index >= 15 is 0 Å². The molecule has 1 aliphatic rings. The standard InChI is InChI=1S/C18H21N5O2/c1-20-11-13(10-19-20)14-8-5-9-22(14)17(24)12-23-16-7-4-3-6-15(16)21(2)18(23)25/h3-4,6-7,10-11,14H,5,8-9,12H2,1-2H3. The topological polar surface area (TPSA) is 65.1 Å². The lowest BCUT2D eigenvalue weighted by Crippen LogP contribution is -2.36. The smallest absolute Gasteiger partial charge is 0.329 e. The second-order valence-corrected chi connectivity index (χ2v) is 6.61. The van der Waals surface area contributed by atoms with E-state index in [4.69, 9.17) is 0 Å². The van der Waals surface area contributed by atoms with Gasteiger partial charge in [0.2, 0.25) is 5.91 Å². The van der Waals surface area contributed by atoms with Gasteiger partial charge in [-0.3, -0.25) is 18.6 Å². The fourth-order valence-corrected chi connectivity index (χ4v) is 3.77. The van der Waals surface area contributed by atoms with Gasteiger partial charge in [-0.05, 0) is 25.0 Å². The highest BCUT2D eigenvalue weighted by molar-refractivity contribution is 5.81. The monoisotopic (exact) mass is 339 g/mol. The van der Waals surface area contributed by atoms with E-state index in [9.17, 15) is 9.59 Å². The number of benzene rings is 1. The molecule has 0 N–H and O–H groups in total. The number of rotatable bonds is 3. The van der Waals surface area contributed by atoms with E-state index in [1.807, 2.05) is 48.6 Å². The van der Waals surface area contributed by atoms with Crippen LogP contribution in [0.4, 0.5) is 0 Å². The Morgan fingerprint density at radius 2 is 2.00 bits per heavy atom. The van der Waals surface area contributed by atoms with Crippen molar-refractivity contribution in [2.75, 3.05) is 6.54 Å². The highest BCUT2D eigenvalue weighted by atomic mass is 16.2. The number of imidazole rings is 1. The predicted octanol–water partition coefficient (Wildman–Crippen LogP) is 1.44. The number of hydrogen-bond acceptors (Lipinski definition) is 3. The summed E-state index contributed by atoms with van der Waals surface area (Å²) in [4.78, 5) is 27.4. The number of hydrogen-bond donors (Lipinski definition) is 0. The Bertz CT molecular complexity index is 996. The van der Waals surface area contributed by atoms with Crippen molar-refractivity contribution < 1.29 is 4.79 Å². The Morgan fingerprint density at radius 1 is 1.24 bits per heavy atom. The van der Waals surface area contributed by atoms with Gasteiger partial charge in [0.05, 0.1) is 23.3 Å². The van der Waals surface area contributed by atoms with Crippen molar-refractivity contribution in [3.05, 3.63) is 52.7 Å². The van der Waals surface area contributed by atoms with E-state index in [1.165, 1.54) is 0 Å². The zero-order valence-corrected chi connectivity index (χ0v) is 14.4. The van der Waals surface area contributed by atoms with E-state index in [1.54, 1.807) is 20.9 Å². The fraction of sp³-hybridized carbons (Fsp3) is 0.389. The number of aromatic nitrogens is 4. The Labute approximate surface area is 145 Å². The largest absolute Gasteiger partial charge is 0.334 e. The molecule has 1 saturated heterocycles. The minimum Gasteiger partial charge on any atom is -0.334 e. The number of amides is 1. The molecule has 1 amide bonds. The van der Waals surface area contributed by atoms with Gasteiger partial charge in [0.1, 0.15) is 6.54 Å². The Balaban J connectivity index is 1.64. The van der Waals surface area contributed by atoms with Crippen molar-refractivity contribution in [2.24, 2.45) is 14.1 Å². The quantitative estimate of drug-likeness (QED) is 0.725. The number of carbonyl (C=O) groups excluding carboxylic acids is 1. The molecule has 3 heterocycles. The number of likely N-dealkylation sites (tertiary alicyclic amines) is 1. The van der Waals surface area contributed by atoms with Crippen LogP contribution >= 0.6 is 0 Å². The first-order chi connectivity index (χ1) is 12.1. The molecule has 0 bridgehead atoms. The molecule has 25 heavy (non-hydrogen) atoms. The lowest BCUT2D eigenvalue weighted by Gasteiger charge is -2.24. The minimum atomic E-state index is -0.160. The van der Waals surface area contributed by atoms with Crippen LogP contribution in [0.2, 0.25) is 0 Å². The maximum absolute atomic E-state index is 12.9. The van der Waals surface area contributed by atoms with E-state index in [0.29, 0.717) is 0 Å². The lowest BCUT2D eigenvalue weighted by molar-refractivity contribution is -0.132. The molecule has 1 fully saturated rings. The van der Waals surface area contributed by atoms with Crippen LogP contribution in [0.25, 0.3) is 11.0 Å². The number of aryl methyl sites for hydroxylation is 2. The summed E-state index contributed by atoms with van der Waals surface area (Å²) in [5.74, 6) is -0.0233. The van der Waals surface area contributed by atoms with Crippen LogP contribution in [0.5, 0.6) is 0 Å². The molecule has 2 aromatic heterocycles. The maximum Gasteiger partial charge on any atom is 0.329 e. The van der Waals surface area contributed by atoms with Crippen molar-refractivity contribution >= 4 is 16.9 Å². The third kappa shape index (κ3) is 2.56. The predicted molar refractivity (Wildman–Crippen MR) is 94.1 cm³/mol. The highest BCUT2D eigenvalue weighted by Gasteiger charge is 2.31. The molecule has 0 radical (unpaired) electrons. The summed E-state index contributed by atoms with van der Waals surface area (Å²) in [6, 6.07) is 7.61. The summed E-state index contributed by atoms with van der Waals surface area (Å²) in [6.45, 7) is 0.787. The zero-order valence-electron chi connectivity index (χ0n) is 14.4. The molecule has 1 atom stereocenters. The van der Waals surface area contributed by atoms with E-state index in [2.05, 4.69) is 5.10 Å². The third-order valence-corrected chi connectivity index (χ3v) is 5.03. The summed E-state index contributed by atoms with van der Waals surface area (Å²) in [5, 5.41) is 4.22. The van der Waals surface area contributed by atoms with Gasteiger partial charge in [-0.15, -0.1) is 0 Å². The van der Waals surface area contributed by atoms with Crippen LogP contribution in [0.15, 0.2) is 41.5 Å². The van der Waals surface area contributed by atoms with Crippen LogP contribution in [0.1, 0.15) is 24.4 Å². The molecule has 0 aliphatic carbocycles. The molecule has 130 valence electrons. The van der Waals surface area contributed by atoms with Gasteiger partial charge in [0, 0.05) is 32.4 Å². The summed E-state index contributed by atoms with van der Waals surface area (Å²) in [6.07, 6.45) is 5.68. The van der Waals surface area contributed by atoms with Gasteiger partial charge < -0.3 is 4.90 Å². The molecule has 0 spiro atoms. The highest BCUT2D eigenvalue weighted by Crippen LogP contribution is 2.31. The van der Waals surface area contributed by atoms with Gasteiger partial charge in [-0.1, -0.05) is 12.1 Å². The van der Waals surface area contributed by atoms with Crippen LogP contribution < -0.4 is 5.69 Å². The Kier molecular flexibility index (Phi) is 3.71. The number of nitrogens with zero attached hydrogens (tertiary/aromatic N) is 5. The molecular formula is C18H21N5O2. The summed E-state index contributed by atoms with van der Waals surface area (Å²) in [5.41, 5.74) is 2.52. The zero-order chi connectivity index (χ0) is 17.6. The molecule has 7 nitrogen and oxygen atoms in total. The summed E-state index contributed by atoms with van der Waals surface area (Å²) in [7, 11) is 3.61. The summed E-state index contributed by atoms with van der Waals surface area (Å²) >= 11 is 0. The van der Waals surface area contributed by atoms with Crippen LogP contribution in [0, 0.1) is 0 Å². The molecule has 3 aromatic rings. The van der Waals surface area contributed by atoms with Crippen molar-refractivity contribution in [1.29, 1.82) is 0 Å². The molecule has 1 aliphatic heterocycles. The van der Waals surface area contributed by atoms with Crippen LogP contribution in [0.3, 0.4) is 0 Å². The molecule has 1 aromatic carbocycles. The first-order valence-corrected chi connectivity index (χ1v) is 8.48. The fourth-order valence-electron chi connectivity index (χ4n) is 3.77. The van der Waals surface area contributed by atoms with E-state index in [-0.39, 0.29) is 24.2 Å². The SMILES string of the molecule is Cn1cc(C2CCCN2C(=O)Cn2c(=O)n(C)c3ccccc32)cn1. The molecule has 4 rings (SSSR count). The third-order valence-electron chi connectivity index (χ3n) is 5.03. The normalized spacial score (nSPS) is 17.5. The summed E-state index contributed by atoms with van der Waals surface area (Å²) < 4.78 is 4.91. The van der Waals surface area contributed by atoms with Gasteiger partial charge >= 0.3 is 5.69 Å². The van der Waals surface area contributed by atoms with Crippen LogP contribution in [-0.4, -0.2) is 36.3 Å². The van der Waals surface area contributed by atoms with Gasteiger partial charge in [-0.25, -0.2) is 4.79 Å². The molecule has 1 unspecified atom stereocenters. The first kappa shape index (κ1) is 15.7. The number of carbonyl (C=O) groups is 1. The van der Waals surface area contributed by atoms with Gasteiger partial charge in [0.25, 0.3) is 0 Å². The number of fused-ring (bicyclic) bond motifs is 1. The van der Waals surface area contributed by atoms with Crippen LogP contribution in [-0.2, 0) is 25.4 Å². The average Bonchev–Trinajstić information content (AvgIpc) is 3.31. The van der Waals surface area contributed by atoms with E-state index < -0.39 is 0 Å². The first-order valence-electron chi connectivity index (χ1n) is 8.48. The van der Waals surface area contributed by atoms with Crippen molar-refractivity contribution in [3.8, 4) is 0 Å². The molecule has 0 saturated carbocycles. The van der Waals surface area contributed by atoms with Crippen molar-refractivity contribution in [3.63, 3.8) is 0 Å². The Morgan fingerprint density at radius 3 is 2.72 bits per heavy atom. The second kappa shape index (κ2) is 5.91. The lowest BCUT2D eigenvalue weighted by atomic mass is 10.1. The maximum atomic E-state index is 12.9. The second-order valence-electron chi connectivity index (χ2n) is 6.61. The van der Waals surface area contributed by atoms with Crippen molar-refractivity contribution in [1.82, 2.24) is 23.8 Å². The molecular weight excluding hydrogens is 318 g/mol. The van der Waals surface area contributed by atoms with Gasteiger partial charge in [0.15, 0.2) is 0 Å².